The zero-order valence-electron chi connectivity index (χ0n) is 8.91. The van der Waals surface area contributed by atoms with Crippen molar-refractivity contribution in [2.75, 3.05) is 19.6 Å². The van der Waals surface area contributed by atoms with Gasteiger partial charge in [0.05, 0.1) is 5.02 Å². The van der Waals surface area contributed by atoms with E-state index in [1.54, 1.807) is 12.4 Å². The van der Waals surface area contributed by atoms with Gasteiger partial charge in [0, 0.05) is 44.6 Å². The van der Waals surface area contributed by atoms with Crippen LogP contribution in [0.2, 0.25) is 5.02 Å². The van der Waals surface area contributed by atoms with Gasteiger partial charge in [-0.2, -0.15) is 0 Å². The number of pyridine rings is 1. The third kappa shape index (κ3) is 2.68. The van der Waals surface area contributed by atoms with Crippen LogP contribution in [-0.2, 0) is 6.54 Å². The van der Waals surface area contributed by atoms with E-state index in [2.05, 4.69) is 22.1 Å². The Morgan fingerprint density at radius 1 is 1.67 bits per heavy atom. The van der Waals surface area contributed by atoms with Crippen LogP contribution in [0.4, 0.5) is 0 Å². The molecule has 2 rings (SSSR count). The fraction of sp³-hybridized carbons (Fsp3) is 0.545. The minimum atomic E-state index is 0.572. The van der Waals surface area contributed by atoms with Crippen molar-refractivity contribution in [3.63, 3.8) is 0 Å². The Morgan fingerprint density at radius 3 is 3.27 bits per heavy atom. The number of hydrogen-bond acceptors (Lipinski definition) is 3. The van der Waals surface area contributed by atoms with Crippen LogP contribution in [-0.4, -0.2) is 35.6 Å². The van der Waals surface area contributed by atoms with Crippen molar-refractivity contribution in [1.82, 2.24) is 15.2 Å². The number of nitrogens with one attached hydrogen (secondary N) is 1. The molecule has 2 heterocycles. The largest absolute Gasteiger partial charge is 0.314 e. The maximum absolute atomic E-state index is 6.09. The molecule has 1 atom stereocenters. The normalized spacial score (nSPS) is 22.9. The van der Waals surface area contributed by atoms with Gasteiger partial charge in [-0.25, -0.2) is 0 Å². The van der Waals surface area contributed by atoms with E-state index < -0.39 is 0 Å². The Morgan fingerprint density at radius 2 is 2.53 bits per heavy atom. The minimum Gasteiger partial charge on any atom is -0.314 e. The van der Waals surface area contributed by atoms with Gasteiger partial charge >= 0.3 is 0 Å². The molecule has 1 N–H and O–H groups in total. The van der Waals surface area contributed by atoms with Gasteiger partial charge in [0.25, 0.3) is 0 Å². The second-order valence-electron chi connectivity index (χ2n) is 3.99. The molecule has 0 bridgehead atoms. The maximum Gasteiger partial charge on any atom is 0.0634 e. The molecule has 15 heavy (non-hydrogen) atoms. The molecule has 1 aliphatic rings. The Hall–Kier alpha value is -0.640. The zero-order valence-corrected chi connectivity index (χ0v) is 9.67. The van der Waals surface area contributed by atoms with Crippen LogP contribution in [0, 0.1) is 0 Å². The third-order valence-corrected chi connectivity index (χ3v) is 3.21. The molecule has 1 aliphatic heterocycles. The van der Waals surface area contributed by atoms with Crippen molar-refractivity contribution in [1.29, 1.82) is 0 Å². The van der Waals surface area contributed by atoms with Gasteiger partial charge in [-0.05, 0) is 18.6 Å². The highest BCUT2D eigenvalue weighted by molar-refractivity contribution is 6.31. The van der Waals surface area contributed by atoms with Crippen molar-refractivity contribution < 1.29 is 0 Å². The molecule has 1 fully saturated rings. The smallest absolute Gasteiger partial charge is 0.0634 e. The lowest BCUT2D eigenvalue weighted by Gasteiger charge is -2.34. The Balaban J connectivity index is 2.04. The zero-order chi connectivity index (χ0) is 10.7. The van der Waals surface area contributed by atoms with Crippen molar-refractivity contribution in [3.05, 3.63) is 29.0 Å². The first-order chi connectivity index (χ1) is 7.27. The summed E-state index contributed by atoms with van der Waals surface area (Å²) in [6.07, 6.45) is 3.51. The van der Waals surface area contributed by atoms with Gasteiger partial charge in [0.1, 0.15) is 0 Å². The Labute approximate surface area is 95.4 Å². The van der Waals surface area contributed by atoms with E-state index in [1.165, 1.54) is 5.56 Å². The molecule has 3 nitrogen and oxygen atoms in total. The fourth-order valence-corrected chi connectivity index (χ4v) is 2.05. The molecule has 4 heteroatoms. The number of hydrogen-bond donors (Lipinski definition) is 1. The molecule has 1 unspecified atom stereocenters. The lowest BCUT2D eigenvalue weighted by atomic mass is 10.1. The standard InChI is InChI=1S/C11H16ClN3/c1-9-6-14-4-5-15(9)8-10-2-3-13-7-11(10)12/h2-3,7,9,14H,4-6,8H2,1H3. The van der Waals surface area contributed by atoms with E-state index in [0.29, 0.717) is 6.04 Å². The van der Waals surface area contributed by atoms with E-state index in [-0.39, 0.29) is 0 Å². The van der Waals surface area contributed by atoms with Crippen LogP contribution in [0.15, 0.2) is 18.5 Å². The van der Waals surface area contributed by atoms with Gasteiger partial charge in [-0.3, -0.25) is 9.88 Å². The van der Waals surface area contributed by atoms with Gasteiger partial charge in [0.2, 0.25) is 0 Å². The summed E-state index contributed by atoms with van der Waals surface area (Å²) >= 11 is 6.09. The predicted molar refractivity (Wildman–Crippen MR) is 62.0 cm³/mol. The van der Waals surface area contributed by atoms with E-state index in [0.717, 1.165) is 31.2 Å². The number of piperazine rings is 1. The average Bonchev–Trinajstić information content (AvgIpc) is 2.24. The highest BCUT2D eigenvalue weighted by atomic mass is 35.5. The van der Waals surface area contributed by atoms with Crippen LogP contribution >= 0.6 is 11.6 Å². The molecule has 0 aromatic carbocycles. The van der Waals surface area contributed by atoms with Gasteiger partial charge in [0.15, 0.2) is 0 Å². The molecule has 0 radical (unpaired) electrons. The van der Waals surface area contributed by atoms with Crippen molar-refractivity contribution in [2.45, 2.75) is 19.5 Å². The highest BCUT2D eigenvalue weighted by Gasteiger charge is 2.18. The number of nitrogens with zero attached hydrogens (tertiary/aromatic N) is 2. The van der Waals surface area contributed by atoms with Crippen LogP contribution in [0.5, 0.6) is 0 Å². The van der Waals surface area contributed by atoms with Crippen LogP contribution in [0.3, 0.4) is 0 Å². The first kappa shape index (κ1) is 10.9. The molecule has 82 valence electrons. The maximum atomic E-state index is 6.09. The Kier molecular flexibility index (Phi) is 3.57. The molecular weight excluding hydrogens is 210 g/mol. The summed E-state index contributed by atoms with van der Waals surface area (Å²) in [5.74, 6) is 0. The average molecular weight is 226 g/mol. The van der Waals surface area contributed by atoms with Gasteiger partial charge in [-0.1, -0.05) is 11.6 Å². The first-order valence-corrected chi connectivity index (χ1v) is 5.68. The van der Waals surface area contributed by atoms with E-state index in [9.17, 15) is 0 Å². The molecular formula is C11H16ClN3. The monoisotopic (exact) mass is 225 g/mol. The quantitative estimate of drug-likeness (QED) is 0.828. The number of rotatable bonds is 2. The van der Waals surface area contributed by atoms with E-state index in [1.807, 2.05) is 6.07 Å². The first-order valence-electron chi connectivity index (χ1n) is 5.30. The number of halogens is 1. The van der Waals surface area contributed by atoms with Crippen molar-refractivity contribution in [3.8, 4) is 0 Å². The highest BCUT2D eigenvalue weighted by Crippen LogP contribution is 2.17. The van der Waals surface area contributed by atoms with Gasteiger partial charge < -0.3 is 5.32 Å². The molecule has 0 amide bonds. The molecule has 1 aromatic heterocycles. The second-order valence-corrected chi connectivity index (χ2v) is 4.40. The van der Waals surface area contributed by atoms with Crippen LogP contribution in [0.1, 0.15) is 12.5 Å². The Bertz CT molecular complexity index is 329. The molecule has 1 saturated heterocycles. The molecule has 0 saturated carbocycles. The van der Waals surface area contributed by atoms with Crippen LogP contribution < -0.4 is 5.32 Å². The summed E-state index contributed by atoms with van der Waals surface area (Å²) in [6, 6.07) is 2.57. The van der Waals surface area contributed by atoms with E-state index in [4.69, 9.17) is 11.6 Å². The minimum absolute atomic E-state index is 0.572. The summed E-state index contributed by atoms with van der Waals surface area (Å²) in [5.41, 5.74) is 1.17. The molecule has 0 spiro atoms. The summed E-state index contributed by atoms with van der Waals surface area (Å²) in [6.45, 7) is 6.36. The lowest BCUT2D eigenvalue weighted by molar-refractivity contribution is 0.165. The summed E-state index contributed by atoms with van der Waals surface area (Å²) < 4.78 is 0. The summed E-state index contributed by atoms with van der Waals surface area (Å²) in [5, 5.41) is 4.14. The fourth-order valence-electron chi connectivity index (χ4n) is 1.87. The summed E-state index contributed by atoms with van der Waals surface area (Å²) in [4.78, 5) is 6.44. The number of aromatic nitrogens is 1. The van der Waals surface area contributed by atoms with E-state index >= 15 is 0 Å². The SMILES string of the molecule is CC1CNCCN1Cc1ccncc1Cl. The second kappa shape index (κ2) is 4.92. The summed E-state index contributed by atoms with van der Waals surface area (Å²) in [7, 11) is 0. The predicted octanol–water partition coefficient (Wildman–Crippen LogP) is 1.53. The topological polar surface area (TPSA) is 28.2 Å². The molecule has 0 aliphatic carbocycles. The van der Waals surface area contributed by atoms with Gasteiger partial charge in [-0.15, -0.1) is 0 Å². The third-order valence-electron chi connectivity index (χ3n) is 2.87. The van der Waals surface area contributed by atoms with Crippen LogP contribution in [0.25, 0.3) is 0 Å². The van der Waals surface area contributed by atoms with Crippen molar-refractivity contribution in [2.24, 2.45) is 0 Å². The lowest BCUT2D eigenvalue weighted by Crippen LogP contribution is -2.49. The van der Waals surface area contributed by atoms with Crippen molar-refractivity contribution >= 4 is 11.6 Å². The molecule has 1 aromatic rings.